The van der Waals surface area contributed by atoms with Crippen LogP contribution >= 0.6 is 0 Å². The summed E-state index contributed by atoms with van der Waals surface area (Å²) in [6.45, 7) is 7.28. The normalized spacial score (nSPS) is 12.9. The molecule has 19 heavy (non-hydrogen) atoms. The SMILES string of the molecule is CCCn1cc(C(NC)c2c(C)nn(C)c2C)cn1. The third kappa shape index (κ3) is 2.56. The summed E-state index contributed by atoms with van der Waals surface area (Å²) in [5.74, 6) is 0. The van der Waals surface area contributed by atoms with Crippen molar-refractivity contribution >= 4 is 0 Å². The molecular formula is C14H23N5. The van der Waals surface area contributed by atoms with E-state index in [4.69, 9.17) is 0 Å². The summed E-state index contributed by atoms with van der Waals surface area (Å²) in [6.07, 6.45) is 5.16. The van der Waals surface area contributed by atoms with E-state index in [2.05, 4.69) is 42.5 Å². The Morgan fingerprint density at radius 2 is 2.11 bits per heavy atom. The Morgan fingerprint density at radius 1 is 1.37 bits per heavy atom. The first-order valence-electron chi connectivity index (χ1n) is 6.78. The lowest BCUT2D eigenvalue weighted by Gasteiger charge is -2.15. The standard InChI is InChI=1S/C14H23N5/c1-6-7-19-9-12(8-16-19)14(15-4)13-10(2)17-18(5)11(13)3/h8-9,14-15H,6-7H2,1-5H3. The molecule has 1 unspecified atom stereocenters. The van der Waals surface area contributed by atoms with E-state index in [1.54, 1.807) is 0 Å². The van der Waals surface area contributed by atoms with Gasteiger partial charge in [0.2, 0.25) is 0 Å². The molecule has 2 rings (SSSR count). The van der Waals surface area contributed by atoms with Crippen molar-refractivity contribution in [3.8, 4) is 0 Å². The molecule has 2 heterocycles. The lowest BCUT2D eigenvalue weighted by atomic mass is 10.00. The second-order valence-corrected chi connectivity index (χ2v) is 4.97. The van der Waals surface area contributed by atoms with Gasteiger partial charge in [0.15, 0.2) is 0 Å². The molecule has 5 heteroatoms. The number of hydrogen-bond donors (Lipinski definition) is 1. The largest absolute Gasteiger partial charge is 0.309 e. The van der Waals surface area contributed by atoms with Crippen molar-refractivity contribution in [2.75, 3.05) is 7.05 Å². The quantitative estimate of drug-likeness (QED) is 0.895. The maximum Gasteiger partial charge on any atom is 0.0647 e. The Hall–Kier alpha value is -1.62. The monoisotopic (exact) mass is 261 g/mol. The first-order chi connectivity index (χ1) is 9.08. The van der Waals surface area contributed by atoms with E-state index in [9.17, 15) is 0 Å². The van der Waals surface area contributed by atoms with Crippen LogP contribution in [0.5, 0.6) is 0 Å². The molecule has 1 N–H and O–H groups in total. The van der Waals surface area contributed by atoms with E-state index in [0.717, 1.165) is 18.7 Å². The highest BCUT2D eigenvalue weighted by Gasteiger charge is 2.21. The van der Waals surface area contributed by atoms with Gasteiger partial charge in [0, 0.05) is 36.6 Å². The Balaban J connectivity index is 2.38. The molecule has 0 aliphatic carbocycles. The van der Waals surface area contributed by atoms with Gasteiger partial charge in [-0.3, -0.25) is 9.36 Å². The van der Waals surface area contributed by atoms with Crippen LogP contribution in [0, 0.1) is 13.8 Å². The van der Waals surface area contributed by atoms with Crippen molar-refractivity contribution in [2.24, 2.45) is 7.05 Å². The highest BCUT2D eigenvalue weighted by Crippen LogP contribution is 2.26. The van der Waals surface area contributed by atoms with Gasteiger partial charge in [-0.15, -0.1) is 0 Å². The summed E-state index contributed by atoms with van der Waals surface area (Å²) in [4.78, 5) is 0. The average Bonchev–Trinajstić information content (AvgIpc) is 2.91. The summed E-state index contributed by atoms with van der Waals surface area (Å²) in [6, 6.07) is 0.152. The van der Waals surface area contributed by atoms with Crippen LogP contribution in [0.4, 0.5) is 0 Å². The Bertz CT molecular complexity index is 552. The maximum absolute atomic E-state index is 4.50. The smallest absolute Gasteiger partial charge is 0.0647 e. The van der Waals surface area contributed by atoms with Crippen LogP contribution in [0.25, 0.3) is 0 Å². The van der Waals surface area contributed by atoms with Crippen LogP contribution in [0.3, 0.4) is 0 Å². The molecule has 104 valence electrons. The van der Waals surface area contributed by atoms with Gasteiger partial charge in [0.25, 0.3) is 0 Å². The predicted octanol–water partition coefficient (Wildman–Crippen LogP) is 1.95. The summed E-state index contributed by atoms with van der Waals surface area (Å²) in [5, 5.41) is 12.3. The van der Waals surface area contributed by atoms with E-state index < -0.39 is 0 Å². The van der Waals surface area contributed by atoms with Gasteiger partial charge in [-0.25, -0.2) is 0 Å². The Labute approximate surface area is 114 Å². The zero-order valence-electron chi connectivity index (χ0n) is 12.4. The fraction of sp³-hybridized carbons (Fsp3) is 0.571. The van der Waals surface area contributed by atoms with E-state index >= 15 is 0 Å². The Kier molecular flexibility index (Phi) is 4.04. The van der Waals surface area contributed by atoms with Gasteiger partial charge in [0.05, 0.1) is 17.9 Å². The van der Waals surface area contributed by atoms with Crippen LogP contribution in [0.1, 0.15) is 41.9 Å². The molecule has 0 aliphatic rings. The summed E-state index contributed by atoms with van der Waals surface area (Å²) >= 11 is 0. The Morgan fingerprint density at radius 3 is 2.63 bits per heavy atom. The third-order valence-corrected chi connectivity index (χ3v) is 3.58. The van der Waals surface area contributed by atoms with Crippen molar-refractivity contribution < 1.29 is 0 Å². The van der Waals surface area contributed by atoms with Crippen LogP contribution in [-0.4, -0.2) is 26.6 Å². The van der Waals surface area contributed by atoms with Crippen LogP contribution in [0.2, 0.25) is 0 Å². The summed E-state index contributed by atoms with van der Waals surface area (Å²) < 4.78 is 3.94. The molecule has 0 fully saturated rings. The van der Waals surface area contributed by atoms with E-state index in [1.807, 2.05) is 29.7 Å². The number of nitrogens with zero attached hydrogens (tertiary/aromatic N) is 4. The van der Waals surface area contributed by atoms with E-state index in [1.165, 1.54) is 16.8 Å². The second-order valence-electron chi connectivity index (χ2n) is 4.97. The lowest BCUT2D eigenvalue weighted by molar-refractivity contribution is 0.600. The second kappa shape index (κ2) is 5.57. The zero-order valence-corrected chi connectivity index (χ0v) is 12.4. The van der Waals surface area contributed by atoms with Crippen molar-refractivity contribution in [2.45, 2.75) is 39.8 Å². The molecule has 0 radical (unpaired) electrons. The molecule has 0 aliphatic heterocycles. The molecule has 0 saturated heterocycles. The van der Waals surface area contributed by atoms with Gasteiger partial charge in [-0.05, 0) is 27.3 Å². The fourth-order valence-corrected chi connectivity index (χ4v) is 2.57. The van der Waals surface area contributed by atoms with Crippen molar-refractivity contribution in [3.63, 3.8) is 0 Å². The highest BCUT2D eigenvalue weighted by atomic mass is 15.3. The maximum atomic E-state index is 4.50. The molecule has 2 aromatic rings. The van der Waals surface area contributed by atoms with Crippen LogP contribution in [0.15, 0.2) is 12.4 Å². The zero-order chi connectivity index (χ0) is 14.0. The fourth-order valence-electron chi connectivity index (χ4n) is 2.57. The van der Waals surface area contributed by atoms with Crippen molar-refractivity contribution in [3.05, 3.63) is 34.9 Å². The third-order valence-electron chi connectivity index (χ3n) is 3.58. The van der Waals surface area contributed by atoms with Gasteiger partial charge in [-0.1, -0.05) is 6.92 Å². The van der Waals surface area contributed by atoms with Crippen LogP contribution in [-0.2, 0) is 13.6 Å². The van der Waals surface area contributed by atoms with E-state index in [-0.39, 0.29) is 6.04 Å². The van der Waals surface area contributed by atoms with Gasteiger partial charge in [-0.2, -0.15) is 10.2 Å². The summed E-state index contributed by atoms with van der Waals surface area (Å²) in [5.41, 5.74) is 4.71. The highest BCUT2D eigenvalue weighted by molar-refractivity contribution is 5.35. The molecule has 0 spiro atoms. The molecule has 0 saturated carbocycles. The van der Waals surface area contributed by atoms with E-state index in [0.29, 0.717) is 0 Å². The molecular weight excluding hydrogens is 238 g/mol. The molecule has 2 aromatic heterocycles. The number of nitrogens with one attached hydrogen (secondary N) is 1. The van der Waals surface area contributed by atoms with Crippen molar-refractivity contribution in [1.29, 1.82) is 0 Å². The van der Waals surface area contributed by atoms with Gasteiger partial charge < -0.3 is 5.32 Å². The topological polar surface area (TPSA) is 47.7 Å². The molecule has 0 aromatic carbocycles. The minimum absolute atomic E-state index is 0.152. The number of rotatable bonds is 5. The molecule has 0 bridgehead atoms. The van der Waals surface area contributed by atoms with Gasteiger partial charge >= 0.3 is 0 Å². The first kappa shape index (κ1) is 13.8. The van der Waals surface area contributed by atoms with Gasteiger partial charge in [0.1, 0.15) is 0 Å². The minimum Gasteiger partial charge on any atom is -0.309 e. The number of aromatic nitrogens is 4. The minimum atomic E-state index is 0.152. The van der Waals surface area contributed by atoms with Crippen molar-refractivity contribution in [1.82, 2.24) is 24.9 Å². The predicted molar refractivity (Wildman–Crippen MR) is 76.1 cm³/mol. The average molecular weight is 261 g/mol. The molecule has 1 atom stereocenters. The first-order valence-corrected chi connectivity index (χ1v) is 6.78. The lowest BCUT2D eigenvalue weighted by Crippen LogP contribution is -2.18. The van der Waals surface area contributed by atoms with Crippen LogP contribution < -0.4 is 5.32 Å². The summed E-state index contributed by atoms with van der Waals surface area (Å²) in [7, 11) is 3.97. The number of aryl methyl sites for hydroxylation is 3. The number of hydrogen-bond acceptors (Lipinski definition) is 3. The molecule has 0 amide bonds. The molecule has 5 nitrogen and oxygen atoms in total.